The van der Waals surface area contributed by atoms with Crippen molar-refractivity contribution in [3.63, 3.8) is 0 Å². The van der Waals surface area contributed by atoms with E-state index < -0.39 is 5.76 Å². The number of carbonyl (C=O) groups is 1. The third-order valence-corrected chi connectivity index (χ3v) is 2.83. The molecular formula is C13H13N3O3. The molecule has 0 saturated carbocycles. The number of oxazole rings is 1. The van der Waals surface area contributed by atoms with Gasteiger partial charge >= 0.3 is 5.76 Å². The SMILES string of the molecule is Cn1c(=O)oc2cc(CCNC(=O)CC#N)ccc21. The van der Waals surface area contributed by atoms with Crippen molar-refractivity contribution in [2.24, 2.45) is 7.05 Å². The van der Waals surface area contributed by atoms with E-state index >= 15 is 0 Å². The van der Waals surface area contributed by atoms with Gasteiger partial charge in [0.25, 0.3) is 0 Å². The van der Waals surface area contributed by atoms with Crippen LogP contribution < -0.4 is 11.1 Å². The highest BCUT2D eigenvalue weighted by atomic mass is 16.4. The minimum atomic E-state index is -0.394. The summed E-state index contributed by atoms with van der Waals surface area (Å²) in [5, 5.41) is 11.0. The normalized spacial score (nSPS) is 10.3. The van der Waals surface area contributed by atoms with E-state index in [9.17, 15) is 9.59 Å². The van der Waals surface area contributed by atoms with Crippen LogP contribution in [0.5, 0.6) is 0 Å². The first-order valence-electron chi connectivity index (χ1n) is 5.84. The third kappa shape index (κ3) is 2.83. The Morgan fingerprint density at radius 1 is 1.53 bits per heavy atom. The standard InChI is InChI=1S/C13H13N3O3/c1-16-10-3-2-9(8-11(10)19-13(16)18)5-7-15-12(17)4-6-14/h2-3,8H,4-5,7H2,1H3,(H,15,17). The Bertz CT molecular complexity index is 706. The number of carbonyl (C=O) groups excluding carboxylic acids is 1. The molecule has 0 bridgehead atoms. The number of amides is 1. The molecule has 98 valence electrons. The van der Waals surface area contributed by atoms with Gasteiger partial charge in [-0.1, -0.05) is 6.07 Å². The summed E-state index contributed by atoms with van der Waals surface area (Å²) in [5.41, 5.74) is 2.23. The van der Waals surface area contributed by atoms with Gasteiger partial charge in [-0.05, 0) is 24.1 Å². The van der Waals surface area contributed by atoms with Crippen LogP contribution in [0.15, 0.2) is 27.4 Å². The molecule has 2 rings (SSSR count). The molecule has 1 aromatic heterocycles. The number of aromatic nitrogens is 1. The van der Waals surface area contributed by atoms with E-state index in [1.54, 1.807) is 19.2 Å². The molecule has 6 nitrogen and oxygen atoms in total. The van der Waals surface area contributed by atoms with Crippen LogP contribution in [0.2, 0.25) is 0 Å². The first kappa shape index (κ1) is 12.9. The average molecular weight is 259 g/mol. The van der Waals surface area contributed by atoms with E-state index in [0.29, 0.717) is 18.5 Å². The predicted octanol–water partition coefficient (Wildman–Crippen LogP) is 0.704. The maximum atomic E-state index is 11.3. The van der Waals surface area contributed by atoms with E-state index in [0.717, 1.165) is 11.1 Å². The molecule has 2 aromatic rings. The maximum Gasteiger partial charge on any atom is 0.419 e. The second-order valence-electron chi connectivity index (χ2n) is 4.16. The zero-order valence-corrected chi connectivity index (χ0v) is 10.5. The van der Waals surface area contributed by atoms with Gasteiger partial charge in [-0.15, -0.1) is 0 Å². The molecular weight excluding hydrogens is 246 g/mol. The Kier molecular flexibility index (Phi) is 3.66. The minimum Gasteiger partial charge on any atom is -0.408 e. The van der Waals surface area contributed by atoms with Crippen molar-refractivity contribution in [1.82, 2.24) is 9.88 Å². The van der Waals surface area contributed by atoms with Gasteiger partial charge in [-0.3, -0.25) is 9.36 Å². The molecule has 0 radical (unpaired) electrons. The number of aryl methyl sites for hydroxylation is 1. The number of hydrogen-bond acceptors (Lipinski definition) is 4. The summed E-state index contributed by atoms with van der Waals surface area (Å²) in [6.07, 6.45) is 0.484. The fraction of sp³-hybridized carbons (Fsp3) is 0.308. The Labute approximate surface area is 109 Å². The lowest BCUT2D eigenvalue weighted by atomic mass is 10.1. The lowest BCUT2D eigenvalue weighted by Crippen LogP contribution is -2.24. The Morgan fingerprint density at radius 2 is 2.32 bits per heavy atom. The second-order valence-corrected chi connectivity index (χ2v) is 4.16. The fourth-order valence-corrected chi connectivity index (χ4v) is 1.81. The largest absolute Gasteiger partial charge is 0.419 e. The molecule has 0 aliphatic heterocycles. The first-order valence-corrected chi connectivity index (χ1v) is 5.84. The van der Waals surface area contributed by atoms with Crippen molar-refractivity contribution in [1.29, 1.82) is 5.26 Å². The summed E-state index contributed by atoms with van der Waals surface area (Å²) < 4.78 is 6.52. The number of nitriles is 1. The quantitative estimate of drug-likeness (QED) is 0.875. The maximum absolute atomic E-state index is 11.3. The molecule has 6 heteroatoms. The van der Waals surface area contributed by atoms with Crippen molar-refractivity contribution < 1.29 is 9.21 Å². The van der Waals surface area contributed by atoms with Crippen molar-refractivity contribution in [3.8, 4) is 6.07 Å². The van der Waals surface area contributed by atoms with E-state index in [2.05, 4.69) is 5.32 Å². The molecule has 0 unspecified atom stereocenters. The predicted molar refractivity (Wildman–Crippen MR) is 68.4 cm³/mol. The molecule has 0 atom stereocenters. The zero-order chi connectivity index (χ0) is 13.8. The van der Waals surface area contributed by atoms with Gasteiger partial charge in [-0.2, -0.15) is 5.26 Å². The third-order valence-electron chi connectivity index (χ3n) is 2.83. The smallest absolute Gasteiger partial charge is 0.408 e. The van der Waals surface area contributed by atoms with Crippen molar-refractivity contribution >= 4 is 17.0 Å². The van der Waals surface area contributed by atoms with Crippen LogP contribution in [-0.2, 0) is 18.3 Å². The molecule has 19 heavy (non-hydrogen) atoms. The van der Waals surface area contributed by atoms with Crippen LogP contribution in [-0.4, -0.2) is 17.0 Å². The molecule has 1 N–H and O–H groups in total. The van der Waals surface area contributed by atoms with Gasteiger partial charge in [0.2, 0.25) is 5.91 Å². The lowest BCUT2D eigenvalue weighted by Gasteiger charge is -2.03. The number of rotatable bonds is 4. The van der Waals surface area contributed by atoms with Crippen LogP contribution >= 0.6 is 0 Å². The van der Waals surface area contributed by atoms with Crippen LogP contribution in [0.25, 0.3) is 11.1 Å². The molecule has 0 aliphatic rings. The summed E-state index contributed by atoms with van der Waals surface area (Å²) >= 11 is 0. The van der Waals surface area contributed by atoms with Crippen LogP contribution in [0.3, 0.4) is 0 Å². The highest BCUT2D eigenvalue weighted by Gasteiger charge is 2.06. The van der Waals surface area contributed by atoms with Crippen molar-refractivity contribution in [2.75, 3.05) is 6.54 Å². The van der Waals surface area contributed by atoms with Crippen LogP contribution in [0, 0.1) is 11.3 Å². The number of benzene rings is 1. The summed E-state index contributed by atoms with van der Waals surface area (Å²) in [6, 6.07) is 7.26. The Balaban J connectivity index is 2.04. The van der Waals surface area contributed by atoms with Gasteiger partial charge in [0.15, 0.2) is 5.58 Å². The Hall–Kier alpha value is -2.55. The highest BCUT2D eigenvalue weighted by Crippen LogP contribution is 2.14. The van der Waals surface area contributed by atoms with Crippen molar-refractivity contribution in [2.45, 2.75) is 12.8 Å². The molecule has 0 spiro atoms. The average Bonchev–Trinajstić information content (AvgIpc) is 2.65. The number of nitrogens with one attached hydrogen (secondary N) is 1. The minimum absolute atomic E-state index is 0.132. The molecule has 0 aliphatic carbocycles. The molecule has 1 amide bonds. The molecule has 1 aromatic carbocycles. The van der Waals surface area contributed by atoms with Crippen LogP contribution in [0.1, 0.15) is 12.0 Å². The number of nitrogens with zero attached hydrogens (tertiary/aromatic N) is 2. The van der Waals surface area contributed by atoms with Gasteiger partial charge in [0.05, 0.1) is 11.6 Å². The molecule has 0 fully saturated rings. The van der Waals surface area contributed by atoms with E-state index in [1.807, 2.05) is 12.1 Å². The fourth-order valence-electron chi connectivity index (χ4n) is 1.81. The summed E-state index contributed by atoms with van der Waals surface area (Å²) in [6.45, 7) is 0.448. The lowest BCUT2D eigenvalue weighted by molar-refractivity contribution is -0.120. The second kappa shape index (κ2) is 5.40. The van der Waals surface area contributed by atoms with Gasteiger partial charge < -0.3 is 9.73 Å². The number of hydrogen-bond donors (Lipinski definition) is 1. The van der Waals surface area contributed by atoms with E-state index in [4.69, 9.17) is 9.68 Å². The monoisotopic (exact) mass is 259 g/mol. The van der Waals surface area contributed by atoms with E-state index in [1.165, 1.54) is 4.57 Å². The first-order chi connectivity index (χ1) is 9.11. The molecule has 0 saturated heterocycles. The highest BCUT2D eigenvalue weighted by molar-refractivity contribution is 5.78. The summed E-state index contributed by atoms with van der Waals surface area (Å²) in [7, 11) is 1.65. The zero-order valence-electron chi connectivity index (χ0n) is 10.5. The number of fused-ring (bicyclic) bond motifs is 1. The Morgan fingerprint density at radius 3 is 3.05 bits per heavy atom. The van der Waals surface area contributed by atoms with Crippen molar-refractivity contribution in [3.05, 3.63) is 34.3 Å². The van der Waals surface area contributed by atoms with Gasteiger partial charge in [0.1, 0.15) is 6.42 Å². The summed E-state index contributed by atoms with van der Waals surface area (Å²) in [5.74, 6) is -0.677. The topological polar surface area (TPSA) is 88.0 Å². The van der Waals surface area contributed by atoms with E-state index in [-0.39, 0.29) is 12.3 Å². The van der Waals surface area contributed by atoms with Gasteiger partial charge in [-0.25, -0.2) is 4.79 Å². The summed E-state index contributed by atoms with van der Waals surface area (Å²) in [4.78, 5) is 22.4. The van der Waals surface area contributed by atoms with Gasteiger partial charge in [0, 0.05) is 13.6 Å². The van der Waals surface area contributed by atoms with Crippen LogP contribution in [0.4, 0.5) is 0 Å². The molecule has 1 heterocycles.